The predicted octanol–water partition coefficient (Wildman–Crippen LogP) is 1.58. The minimum atomic E-state index is -0.606. The van der Waals surface area contributed by atoms with Crippen molar-refractivity contribution in [2.24, 2.45) is 11.8 Å². The van der Waals surface area contributed by atoms with E-state index in [0.717, 1.165) is 38.8 Å². The van der Waals surface area contributed by atoms with Crippen LogP contribution >= 0.6 is 0 Å². The number of para-hydroxylation sites is 1. The van der Waals surface area contributed by atoms with Crippen molar-refractivity contribution >= 4 is 17.7 Å². The molecular weight excluding hydrogens is 512 g/mol. The van der Waals surface area contributed by atoms with Gasteiger partial charge in [-0.15, -0.1) is 0 Å². The van der Waals surface area contributed by atoms with Crippen molar-refractivity contribution in [2.45, 2.75) is 69.2 Å². The molecule has 2 bridgehead atoms. The molecule has 0 aromatic heterocycles. The third kappa shape index (κ3) is 6.44. The third-order valence-electron chi connectivity index (χ3n) is 9.07. The second kappa shape index (κ2) is 12.4. The Morgan fingerprint density at radius 1 is 0.975 bits per heavy atom. The molecule has 1 saturated carbocycles. The van der Waals surface area contributed by atoms with Crippen LogP contribution in [0, 0.1) is 11.8 Å². The topological polar surface area (TPSA) is 109 Å². The van der Waals surface area contributed by atoms with Gasteiger partial charge in [-0.3, -0.25) is 19.3 Å². The van der Waals surface area contributed by atoms with E-state index >= 15 is 0 Å². The van der Waals surface area contributed by atoms with E-state index in [9.17, 15) is 14.4 Å². The highest BCUT2D eigenvalue weighted by molar-refractivity contribution is 6.00. The Morgan fingerprint density at radius 3 is 2.62 bits per heavy atom. The highest BCUT2D eigenvalue weighted by atomic mass is 16.5. The quantitative estimate of drug-likeness (QED) is 0.582. The molecule has 1 aliphatic carbocycles. The van der Waals surface area contributed by atoms with Crippen molar-refractivity contribution in [3.05, 3.63) is 29.8 Å². The van der Waals surface area contributed by atoms with Crippen LogP contribution in [-0.2, 0) is 19.1 Å². The number of fused-ring (bicyclic) bond motifs is 4. The molecule has 40 heavy (non-hydrogen) atoms. The minimum Gasteiger partial charge on any atom is -0.493 e. The number of rotatable bonds is 4. The molecular formula is C30H42N4O6. The molecule has 4 fully saturated rings. The number of nitrogens with zero attached hydrogens (tertiary/aromatic N) is 2. The highest BCUT2D eigenvalue weighted by Crippen LogP contribution is 2.31. The average molecular weight is 555 g/mol. The summed E-state index contributed by atoms with van der Waals surface area (Å²) in [5.74, 6) is 0.887. The lowest BCUT2D eigenvalue weighted by molar-refractivity contribution is -0.134. The molecule has 2 N–H and O–H groups in total. The van der Waals surface area contributed by atoms with Crippen LogP contribution in [0.1, 0.15) is 55.3 Å². The fourth-order valence-corrected chi connectivity index (χ4v) is 6.47. The highest BCUT2D eigenvalue weighted by Gasteiger charge is 2.40. The zero-order valence-electron chi connectivity index (χ0n) is 23.2. The van der Waals surface area contributed by atoms with E-state index in [2.05, 4.69) is 15.5 Å². The Hall–Kier alpha value is -2.69. The van der Waals surface area contributed by atoms with E-state index in [1.807, 2.05) is 18.2 Å². The number of carbonyl (C=O) groups is 3. The SMILES string of the molecule is O=C(N[C@@H]1CC[C@H]2CCOc3ccccc3C(=O)N3CCN(CC4CC4)C[C@H]3C(=O)NC[C@H]1O2)C1CCOCC1. The minimum absolute atomic E-state index is 0.0424. The summed E-state index contributed by atoms with van der Waals surface area (Å²) in [6.07, 6.45) is 5.76. The first-order valence-electron chi connectivity index (χ1n) is 15.1. The molecule has 5 aliphatic rings. The normalized spacial score (nSPS) is 30.8. The average Bonchev–Trinajstić information content (AvgIpc) is 3.81. The zero-order chi connectivity index (χ0) is 27.5. The summed E-state index contributed by atoms with van der Waals surface area (Å²) in [6, 6.07) is 6.53. The predicted molar refractivity (Wildman–Crippen MR) is 147 cm³/mol. The maximum Gasteiger partial charge on any atom is 0.258 e. The molecule has 6 rings (SSSR count). The number of benzene rings is 1. The fourth-order valence-electron chi connectivity index (χ4n) is 6.47. The molecule has 1 aromatic rings. The lowest BCUT2D eigenvalue weighted by atomic mass is 9.94. The van der Waals surface area contributed by atoms with E-state index in [1.165, 1.54) is 12.8 Å². The van der Waals surface area contributed by atoms with Crippen molar-refractivity contribution < 1.29 is 28.6 Å². The van der Waals surface area contributed by atoms with Crippen molar-refractivity contribution in [2.75, 3.05) is 52.5 Å². The van der Waals surface area contributed by atoms with Crippen molar-refractivity contribution in [3.63, 3.8) is 0 Å². The van der Waals surface area contributed by atoms with Gasteiger partial charge in [0, 0.05) is 58.3 Å². The Kier molecular flexibility index (Phi) is 8.55. The van der Waals surface area contributed by atoms with Crippen LogP contribution in [0.3, 0.4) is 0 Å². The maximum atomic E-state index is 13.8. The van der Waals surface area contributed by atoms with Crippen molar-refractivity contribution in [1.29, 1.82) is 0 Å². The van der Waals surface area contributed by atoms with Crippen LogP contribution in [0.15, 0.2) is 24.3 Å². The van der Waals surface area contributed by atoms with E-state index in [4.69, 9.17) is 14.2 Å². The molecule has 3 saturated heterocycles. The Balaban J connectivity index is 1.21. The molecule has 10 nitrogen and oxygen atoms in total. The number of ether oxygens (including phenoxy) is 3. The lowest BCUT2D eigenvalue weighted by Crippen LogP contribution is -2.62. The van der Waals surface area contributed by atoms with Crippen molar-refractivity contribution in [3.8, 4) is 5.75 Å². The Bertz CT molecular complexity index is 1070. The van der Waals surface area contributed by atoms with Crippen LogP contribution in [0.25, 0.3) is 0 Å². The number of amides is 3. The first kappa shape index (κ1) is 27.5. The summed E-state index contributed by atoms with van der Waals surface area (Å²) in [5.41, 5.74) is 0.492. The molecule has 3 amide bonds. The molecule has 0 spiro atoms. The van der Waals surface area contributed by atoms with Crippen LogP contribution in [0.4, 0.5) is 0 Å². The summed E-state index contributed by atoms with van der Waals surface area (Å²) in [7, 11) is 0. The first-order valence-corrected chi connectivity index (χ1v) is 15.1. The number of nitrogens with one attached hydrogen (secondary N) is 2. The monoisotopic (exact) mass is 554 g/mol. The third-order valence-corrected chi connectivity index (χ3v) is 9.07. The van der Waals surface area contributed by atoms with Gasteiger partial charge in [0.05, 0.1) is 30.4 Å². The Morgan fingerprint density at radius 2 is 1.80 bits per heavy atom. The van der Waals surface area contributed by atoms with E-state index in [-0.39, 0.29) is 48.4 Å². The summed E-state index contributed by atoms with van der Waals surface area (Å²) < 4.78 is 18.0. The molecule has 218 valence electrons. The molecule has 4 atom stereocenters. The van der Waals surface area contributed by atoms with Crippen LogP contribution in [0.2, 0.25) is 0 Å². The van der Waals surface area contributed by atoms with Gasteiger partial charge in [-0.25, -0.2) is 0 Å². The second-order valence-corrected chi connectivity index (χ2v) is 12.0. The van der Waals surface area contributed by atoms with Gasteiger partial charge in [0.15, 0.2) is 0 Å². The van der Waals surface area contributed by atoms with Gasteiger partial charge in [-0.05, 0) is 56.6 Å². The summed E-state index contributed by atoms with van der Waals surface area (Å²) in [4.78, 5) is 44.6. The van der Waals surface area contributed by atoms with Crippen LogP contribution < -0.4 is 15.4 Å². The van der Waals surface area contributed by atoms with Gasteiger partial charge >= 0.3 is 0 Å². The van der Waals surface area contributed by atoms with Gasteiger partial charge < -0.3 is 29.7 Å². The smallest absolute Gasteiger partial charge is 0.258 e. The summed E-state index contributed by atoms with van der Waals surface area (Å²) in [6.45, 7) is 4.65. The Labute approximate surface area is 236 Å². The molecule has 4 aliphatic heterocycles. The molecule has 0 radical (unpaired) electrons. The van der Waals surface area contributed by atoms with E-state index in [1.54, 1.807) is 11.0 Å². The zero-order valence-corrected chi connectivity index (χ0v) is 23.2. The maximum absolute atomic E-state index is 13.8. The number of carbonyl (C=O) groups excluding carboxylic acids is 3. The van der Waals surface area contributed by atoms with E-state index in [0.29, 0.717) is 56.6 Å². The van der Waals surface area contributed by atoms with E-state index < -0.39 is 6.04 Å². The van der Waals surface area contributed by atoms with Crippen LogP contribution in [0.5, 0.6) is 5.75 Å². The van der Waals surface area contributed by atoms with Gasteiger partial charge in [0.1, 0.15) is 11.8 Å². The van der Waals surface area contributed by atoms with Gasteiger partial charge in [0.2, 0.25) is 11.8 Å². The van der Waals surface area contributed by atoms with Gasteiger partial charge in [-0.1, -0.05) is 12.1 Å². The molecule has 4 heterocycles. The van der Waals surface area contributed by atoms with Crippen molar-refractivity contribution in [1.82, 2.24) is 20.4 Å². The number of hydrogen-bond donors (Lipinski definition) is 2. The standard InChI is InChI=1S/C30H42N4O6/c35-28(21-9-14-38-15-10-21)32-24-8-7-22-11-16-39-26-4-2-1-3-23(26)30(37)34-13-12-33(18-20-5-6-20)19-25(34)29(36)31-17-27(24)40-22/h1-4,20-22,24-25,27H,5-19H2,(H,31,36)(H,32,35)/t22-,24+,25-,27+/m0/s1. The number of hydrogen-bond acceptors (Lipinski definition) is 7. The molecule has 1 aromatic carbocycles. The lowest BCUT2D eigenvalue weighted by Gasteiger charge is -2.42. The van der Waals surface area contributed by atoms with Crippen LogP contribution in [-0.4, -0.2) is 104 Å². The fraction of sp³-hybridized carbons (Fsp3) is 0.700. The largest absolute Gasteiger partial charge is 0.493 e. The summed E-state index contributed by atoms with van der Waals surface area (Å²) in [5, 5.41) is 6.35. The van der Waals surface area contributed by atoms with Gasteiger partial charge in [-0.2, -0.15) is 0 Å². The second-order valence-electron chi connectivity index (χ2n) is 12.0. The first-order chi connectivity index (χ1) is 19.5. The molecule has 10 heteroatoms. The van der Waals surface area contributed by atoms with Gasteiger partial charge in [0.25, 0.3) is 5.91 Å². The number of piperazine rings is 1. The summed E-state index contributed by atoms with van der Waals surface area (Å²) >= 11 is 0. The molecule has 0 unspecified atom stereocenters.